The number of hydrogen-bond acceptors (Lipinski definition) is 4. The summed E-state index contributed by atoms with van der Waals surface area (Å²) >= 11 is 0. The van der Waals surface area contributed by atoms with Crippen molar-refractivity contribution in [2.75, 3.05) is 0 Å². The number of aliphatic carboxylic acids is 2. The van der Waals surface area contributed by atoms with Gasteiger partial charge in [0.05, 0.1) is 11.9 Å². The minimum Gasteiger partial charge on any atom is -0.543 e. The molecule has 0 bridgehead atoms. The molecule has 0 amide bonds. The first-order valence-electron chi connectivity index (χ1n) is 1.07. The van der Waals surface area contributed by atoms with Gasteiger partial charge < -0.3 is 19.8 Å². The molecule has 0 aromatic rings. The summed E-state index contributed by atoms with van der Waals surface area (Å²) in [4.78, 5) is 17.9. The van der Waals surface area contributed by atoms with Gasteiger partial charge in [-0.3, -0.25) is 0 Å². The van der Waals surface area contributed by atoms with E-state index in [1.165, 1.54) is 0 Å². The van der Waals surface area contributed by atoms with Crippen molar-refractivity contribution in [2.24, 2.45) is 0 Å². The molecule has 0 aliphatic carbocycles. The molecule has 0 rings (SSSR count). The van der Waals surface area contributed by atoms with Gasteiger partial charge in [0.25, 0.3) is 0 Å². The molecule has 7 heavy (non-hydrogen) atoms. The van der Waals surface area contributed by atoms with Crippen LogP contribution in [0.3, 0.4) is 0 Å². The molecule has 0 aliphatic rings. The van der Waals surface area contributed by atoms with E-state index in [1.807, 2.05) is 0 Å². The molecule has 0 heterocycles. The van der Waals surface area contributed by atoms with Gasteiger partial charge in [0.15, 0.2) is 0 Å². The minimum absolute atomic E-state index is 0. The first-order valence-corrected chi connectivity index (χ1v) is 1.07. The van der Waals surface area contributed by atoms with E-state index in [4.69, 9.17) is 19.8 Å². The SMILES string of the molecule is O=C([O-])C(=O)[O-].[Zr+4]. The Morgan fingerprint density at radius 2 is 1.14 bits per heavy atom. The van der Waals surface area contributed by atoms with Gasteiger partial charge in [-0.15, -0.1) is 0 Å². The van der Waals surface area contributed by atoms with Crippen molar-refractivity contribution in [3.8, 4) is 0 Å². The number of carboxylic acids is 2. The van der Waals surface area contributed by atoms with Crippen molar-refractivity contribution in [3.05, 3.63) is 0 Å². The van der Waals surface area contributed by atoms with Crippen LogP contribution >= 0.6 is 0 Å². The van der Waals surface area contributed by atoms with Gasteiger partial charge in [-0.1, -0.05) is 0 Å². The average molecular weight is 179 g/mol. The molecule has 0 unspecified atom stereocenters. The van der Waals surface area contributed by atoms with Gasteiger partial charge in [0.1, 0.15) is 0 Å². The zero-order valence-corrected chi connectivity index (χ0v) is 5.59. The van der Waals surface area contributed by atoms with Crippen LogP contribution in [0.15, 0.2) is 0 Å². The Morgan fingerprint density at radius 3 is 1.14 bits per heavy atom. The molecule has 0 N–H and O–H groups in total. The molecule has 4 nitrogen and oxygen atoms in total. The molecule has 0 saturated carbocycles. The molecule has 5 heteroatoms. The summed E-state index contributed by atoms with van der Waals surface area (Å²) in [6.07, 6.45) is 0. The smallest absolute Gasteiger partial charge is 0.543 e. The topological polar surface area (TPSA) is 80.3 Å². The van der Waals surface area contributed by atoms with Crippen LogP contribution < -0.4 is 10.2 Å². The maximum atomic E-state index is 8.93. The van der Waals surface area contributed by atoms with Crippen LogP contribution in [0.1, 0.15) is 0 Å². The maximum Gasteiger partial charge on any atom is 4.00 e. The molecule has 0 radical (unpaired) electrons. The summed E-state index contributed by atoms with van der Waals surface area (Å²) in [5.74, 6) is -4.37. The van der Waals surface area contributed by atoms with Crippen molar-refractivity contribution in [1.29, 1.82) is 0 Å². The van der Waals surface area contributed by atoms with Crippen LogP contribution in [0.2, 0.25) is 0 Å². The Kier molecular flexibility index (Phi) is 5.68. The van der Waals surface area contributed by atoms with E-state index in [-0.39, 0.29) is 26.2 Å². The minimum atomic E-state index is -2.19. The second kappa shape index (κ2) is 3.99. The van der Waals surface area contributed by atoms with E-state index >= 15 is 0 Å². The monoisotopic (exact) mass is 178 g/mol. The fraction of sp³-hybridized carbons (Fsp3) is 0. The van der Waals surface area contributed by atoms with E-state index in [9.17, 15) is 0 Å². The van der Waals surface area contributed by atoms with E-state index in [0.717, 1.165) is 0 Å². The van der Waals surface area contributed by atoms with Crippen molar-refractivity contribution >= 4 is 11.9 Å². The zero-order chi connectivity index (χ0) is 5.15. The van der Waals surface area contributed by atoms with Crippen molar-refractivity contribution in [2.45, 2.75) is 0 Å². The van der Waals surface area contributed by atoms with Crippen LogP contribution in [-0.2, 0) is 35.8 Å². The molecule has 0 saturated heterocycles. The fourth-order valence-corrected chi connectivity index (χ4v) is 0. The average Bonchev–Trinajstić information content (AvgIpc) is 1.36. The third kappa shape index (κ3) is 5.82. The predicted molar refractivity (Wildman–Crippen MR) is 10.0 cm³/mol. The predicted octanol–water partition coefficient (Wildman–Crippen LogP) is -3.52. The van der Waals surface area contributed by atoms with Crippen LogP contribution in [0.25, 0.3) is 0 Å². The second-order valence-corrected chi connectivity index (χ2v) is 0.575. The number of carboxylic acid groups (broad SMARTS) is 2. The third-order valence-electron chi connectivity index (χ3n) is 0.167. The Bertz CT molecular complexity index is 75.7. The summed E-state index contributed by atoms with van der Waals surface area (Å²) in [7, 11) is 0. The van der Waals surface area contributed by atoms with Gasteiger partial charge >= 0.3 is 26.2 Å². The van der Waals surface area contributed by atoms with Crippen LogP contribution in [0.4, 0.5) is 0 Å². The number of hydrogen-bond donors (Lipinski definition) is 0. The maximum absolute atomic E-state index is 8.93. The van der Waals surface area contributed by atoms with Crippen molar-refractivity contribution < 1.29 is 46.0 Å². The molecular weight excluding hydrogens is 179 g/mol. The van der Waals surface area contributed by atoms with Gasteiger partial charge in [0, 0.05) is 0 Å². The summed E-state index contributed by atoms with van der Waals surface area (Å²) in [6.45, 7) is 0. The summed E-state index contributed by atoms with van der Waals surface area (Å²) in [6, 6.07) is 0. The molecule has 0 atom stereocenters. The molecule has 0 spiro atoms. The van der Waals surface area contributed by atoms with Crippen LogP contribution in [0.5, 0.6) is 0 Å². The Morgan fingerprint density at radius 1 is 1.00 bits per heavy atom. The van der Waals surface area contributed by atoms with E-state index < -0.39 is 11.9 Å². The quantitative estimate of drug-likeness (QED) is 0.361. The summed E-state index contributed by atoms with van der Waals surface area (Å²) < 4.78 is 0. The number of rotatable bonds is 0. The third-order valence-corrected chi connectivity index (χ3v) is 0.167. The fourth-order valence-electron chi connectivity index (χ4n) is 0. The van der Waals surface area contributed by atoms with Gasteiger partial charge in [-0.05, 0) is 0 Å². The Balaban J connectivity index is 0. The number of carbonyl (C=O) groups is 2. The van der Waals surface area contributed by atoms with Crippen LogP contribution in [-0.4, -0.2) is 11.9 Å². The Labute approximate surface area is 58.3 Å². The standard InChI is InChI=1S/C2H2O4.Zr/c3-1(4)2(5)6;/h(H,3,4)(H,5,6);/q;+4/p-2. The first-order chi connectivity index (χ1) is 2.64. The molecule has 0 aromatic heterocycles. The van der Waals surface area contributed by atoms with Gasteiger partial charge in [0.2, 0.25) is 0 Å². The summed E-state index contributed by atoms with van der Waals surface area (Å²) in [5, 5.41) is 17.9. The Hall–Kier alpha value is -0.177. The van der Waals surface area contributed by atoms with Crippen molar-refractivity contribution in [1.82, 2.24) is 0 Å². The van der Waals surface area contributed by atoms with Crippen molar-refractivity contribution in [3.63, 3.8) is 0 Å². The zero-order valence-electron chi connectivity index (χ0n) is 3.13. The molecule has 0 fully saturated rings. The normalized spacial score (nSPS) is 6.29. The first kappa shape index (κ1) is 9.95. The van der Waals surface area contributed by atoms with E-state index in [2.05, 4.69) is 0 Å². The molecule has 0 aromatic carbocycles. The molecule has 34 valence electrons. The molecular formula is C2O4Zr+2. The van der Waals surface area contributed by atoms with Gasteiger partial charge in [-0.2, -0.15) is 0 Å². The number of carbonyl (C=O) groups excluding carboxylic acids is 2. The molecule has 0 aliphatic heterocycles. The van der Waals surface area contributed by atoms with Crippen LogP contribution in [0, 0.1) is 0 Å². The largest absolute Gasteiger partial charge is 4.00 e. The van der Waals surface area contributed by atoms with E-state index in [1.54, 1.807) is 0 Å². The van der Waals surface area contributed by atoms with E-state index in [0.29, 0.717) is 0 Å². The summed E-state index contributed by atoms with van der Waals surface area (Å²) in [5.41, 5.74) is 0. The second-order valence-electron chi connectivity index (χ2n) is 0.575. The van der Waals surface area contributed by atoms with Gasteiger partial charge in [-0.25, -0.2) is 0 Å².